The van der Waals surface area contributed by atoms with Crippen molar-refractivity contribution in [3.05, 3.63) is 33.4 Å². The molecule has 6 heteroatoms. The zero-order valence-electron chi connectivity index (χ0n) is 8.31. The standard InChI is InChI=1S/C9H8BNO4/c1-5-7(9(12)15-2)3-6(10)4-8(5)11(13)14/h3-4H,1-2H3. The molecule has 2 radical (unpaired) electrons. The van der Waals surface area contributed by atoms with E-state index < -0.39 is 10.9 Å². The van der Waals surface area contributed by atoms with Gasteiger partial charge in [-0.1, -0.05) is 11.5 Å². The Balaban J connectivity index is 3.41. The molecule has 1 aromatic rings. The van der Waals surface area contributed by atoms with Crippen molar-refractivity contribution < 1.29 is 14.5 Å². The van der Waals surface area contributed by atoms with Crippen LogP contribution in [0.1, 0.15) is 15.9 Å². The monoisotopic (exact) mass is 205 g/mol. The molecular weight excluding hydrogens is 197 g/mol. The number of carbonyl (C=O) groups is 1. The van der Waals surface area contributed by atoms with E-state index in [1.54, 1.807) is 0 Å². The van der Waals surface area contributed by atoms with Gasteiger partial charge in [0.05, 0.1) is 17.6 Å². The van der Waals surface area contributed by atoms with Crippen molar-refractivity contribution in [2.75, 3.05) is 7.11 Å². The fraction of sp³-hybridized carbons (Fsp3) is 0.222. The molecule has 0 bridgehead atoms. The molecule has 15 heavy (non-hydrogen) atoms. The molecule has 0 fully saturated rings. The highest BCUT2D eigenvalue weighted by atomic mass is 16.6. The maximum atomic E-state index is 11.3. The minimum atomic E-state index is -0.636. The molecule has 0 aliphatic carbocycles. The number of nitro benzene ring substituents is 1. The topological polar surface area (TPSA) is 69.4 Å². The number of methoxy groups -OCH3 is 1. The van der Waals surface area contributed by atoms with Crippen LogP contribution in [0, 0.1) is 17.0 Å². The van der Waals surface area contributed by atoms with E-state index in [1.807, 2.05) is 0 Å². The van der Waals surface area contributed by atoms with Crippen LogP contribution in [-0.2, 0) is 4.74 Å². The van der Waals surface area contributed by atoms with Gasteiger partial charge in [-0.05, 0) is 6.92 Å². The van der Waals surface area contributed by atoms with Gasteiger partial charge in [0.15, 0.2) is 0 Å². The van der Waals surface area contributed by atoms with Gasteiger partial charge in [-0.2, -0.15) is 0 Å². The second-order valence-electron chi connectivity index (χ2n) is 2.96. The third-order valence-electron chi connectivity index (χ3n) is 2.00. The van der Waals surface area contributed by atoms with E-state index in [1.165, 1.54) is 26.2 Å². The number of nitrogens with zero attached hydrogens (tertiary/aromatic N) is 1. The van der Waals surface area contributed by atoms with E-state index in [0.29, 0.717) is 0 Å². The van der Waals surface area contributed by atoms with Gasteiger partial charge in [-0.25, -0.2) is 4.79 Å². The summed E-state index contributed by atoms with van der Waals surface area (Å²) >= 11 is 0. The minimum Gasteiger partial charge on any atom is -0.465 e. The Morgan fingerprint density at radius 2 is 2.13 bits per heavy atom. The van der Waals surface area contributed by atoms with Gasteiger partial charge >= 0.3 is 5.97 Å². The van der Waals surface area contributed by atoms with Crippen LogP contribution in [0.3, 0.4) is 0 Å². The van der Waals surface area contributed by atoms with Crippen LogP contribution < -0.4 is 5.46 Å². The van der Waals surface area contributed by atoms with Crippen LogP contribution >= 0.6 is 0 Å². The lowest BCUT2D eigenvalue weighted by atomic mass is 9.91. The first kappa shape index (κ1) is 11.2. The van der Waals surface area contributed by atoms with Gasteiger partial charge in [0, 0.05) is 11.6 Å². The van der Waals surface area contributed by atoms with Crippen molar-refractivity contribution in [1.29, 1.82) is 0 Å². The molecule has 0 aliphatic heterocycles. The average Bonchev–Trinajstić information content (AvgIpc) is 2.19. The molecule has 0 atom stereocenters. The second-order valence-corrected chi connectivity index (χ2v) is 2.96. The lowest BCUT2D eigenvalue weighted by Crippen LogP contribution is -2.13. The van der Waals surface area contributed by atoms with Crippen molar-refractivity contribution in [3.8, 4) is 0 Å². The van der Waals surface area contributed by atoms with E-state index >= 15 is 0 Å². The Bertz CT molecular complexity index is 430. The highest BCUT2D eigenvalue weighted by Gasteiger charge is 2.19. The summed E-state index contributed by atoms with van der Waals surface area (Å²) in [4.78, 5) is 21.3. The summed E-state index contributed by atoms with van der Waals surface area (Å²) < 4.78 is 4.49. The van der Waals surface area contributed by atoms with Crippen molar-refractivity contribution in [2.24, 2.45) is 0 Å². The van der Waals surface area contributed by atoms with Gasteiger partial charge in [0.2, 0.25) is 0 Å². The summed E-state index contributed by atoms with van der Waals surface area (Å²) in [7, 11) is 6.65. The molecule has 0 aromatic heterocycles. The van der Waals surface area contributed by atoms with Gasteiger partial charge in [0.25, 0.3) is 5.69 Å². The predicted octanol–water partition coefficient (Wildman–Crippen LogP) is 0.484. The number of carbonyl (C=O) groups excluding carboxylic acids is 1. The van der Waals surface area contributed by atoms with Crippen LogP contribution in [0.2, 0.25) is 0 Å². The fourth-order valence-corrected chi connectivity index (χ4v) is 1.23. The summed E-state index contributed by atoms with van der Waals surface area (Å²) in [5.74, 6) is -0.636. The largest absolute Gasteiger partial charge is 0.465 e. The third kappa shape index (κ3) is 2.15. The number of hydrogen-bond acceptors (Lipinski definition) is 4. The molecule has 0 N–H and O–H groups in total. The Kier molecular flexibility index (Phi) is 3.09. The Labute approximate surface area is 87.6 Å². The summed E-state index contributed by atoms with van der Waals surface area (Å²) in [6.45, 7) is 1.48. The molecule has 0 heterocycles. The Morgan fingerprint density at radius 1 is 1.53 bits per heavy atom. The summed E-state index contributed by atoms with van der Waals surface area (Å²) in [6, 6.07) is 2.57. The number of nitro groups is 1. The molecule has 0 saturated carbocycles. The number of esters is 1. The normalized spacial score (nSPS) is 9.73. The smallest absolute Gasteiger partial charge is 0.338 e. The van der Waals surface area contributed by atoms with Crippen LogP contribution in [0.5, 0.6) is 0 Å². The summed E-state index contributed by atoms with van der Waals surface area (Å²) in [5, 5.41) is 10.6. The van der Waals surface area contributed by atoms with Crippen molar-refractivity contribution in [3.63, 3.8) is 0 Å². The van der Waals surface area contributed by atoms with Gasteiger partial charge in [-0.3, -0.25) is 10.1 Å². The fourth-order valence-electron chi connectivity index (χ4n) is 1.23. The molecule has 0 unspecified atom stereocenters. The maximum Gasteiger partial charge on any atom is 0.338 e. The highest BCUT2D eigenvalue weighted by Crippen LogP contribution is 2.20. The quantitative estimate of drug-likeness (QED) is 0.304. The Hall–Kier alpha value is -1.85. The van der Waals surface area contributed by atoms with Crippen LogP contribution in [0.25, 0.3) is 0 Å². The lowest BCUT2D eigenvalue weighted by Gasteiger charge is -2.05. The van der Waals surface area contributed by atoms with Gasteiger partial charge in [-0.15, -0.1) is 0 Å². The number of rotatable bonds is 2. The van der Waals surface area contributed by atoms with Crippen molar-refractivity contribution >= 4 is 25.0 Å². The second kappa shape index (κ2) is 4.12. The molecule has 1 rings (SSSR count). The first-order valence-corrected chi connectivity index (χ1v) is 4.10. The number of ether oxygens (including phenoxy) is 1. The van der Waals surface area contributed by atoms with E-state index in [2.05, 4.69) is 4.74 Å². The minimum absolute atomic E-state index is 0.115. The lowest BCUT2D eigenvalue weighted by molar-refractivity contribution is -0.385. The van der Waals surface area contributed by atoms with Crippen molar-refractivity contribution in [1.82, 2.24) is 0 Å². The summed E-state index contributed by atoms with van der Waals surface area (Å²) in [5.41, 5.74) is 0.341. The average molecular weight is 205 g/mol. The molecule has 0 saturated heterocycles. The Morgan fingerprint density at radius 3 is 2.60 bits per heavy atom. The van der Waals surface area contributed by atoms with Gasteiger partial charge in [0.1, 0.15) is 7.85 Å². The number of hydrogen-bond donors (Lipinski definition) is 0. The molecule has 5 nitrogen and oxygen atoms in total. The van der Waals surface area contributed by atoms with Crippen molar-refractivity contribution in [2.45, 2.75) is 6.92 Å². The third-order valence-corrected chi connectivity index (χ3v) is 2.00. The molecule has 76 valence electrons. The first-order chi connectivity index (χ1) is 6.97. The number of benzene rings is 1. The van der Waals surface area contributed by atoms with E-state index in [0.717, 1.165) is 0 Å². The predicted molar refractivity (Wildman–Crippen MR) is 54.6 cm³/mol. The van der Waals surface area contributed by atoms with Crippen LogP contribution in [-0.4, -0.2) is 25.8 Å². The molecule has 0 spiro atoms. The molecule has 0 aliphatic rings. The van der Waals surface area contributed by atoms with E-state index in [4.69, 9.17) is 7.85 Å². The van der Waals surface area contributed by atoms with Gasteiger partial charge < -0.3 is 4.74 Å². The van der Waals surface area contributed by atoms with Crippen LogP contribution in [0.15, 0.2) is 12.1 Å². The molecule has 0 amide bonds. The molecular formula is C9H8BNO4. The zero-order valence-corrected chi connectivity index (χ0v) is 8.31. The SMILES string of the molecule is [B]c1cc(C(=O)OC)c(C)c([N+](=O)[O-])c1. The maximum absolute atomic E-state index is 11.3. The first-order valence-electron chi connectivity index (χ1n) is 4.10. The zero-order chi connectivity index (χ0) is 11.6. The van der Waals surface area contributed by atoms with E-state index in [-0.39, 0.29) is 22.3 Å². The summed E-state index contributed by atoms with van der Waals surface area (Å²) in [6.07, 6.45) is 0. The molecule has 1 aromatic carbocycles. The van der Waals surface area contributed by atoms with E-state index in [9.17, 15) is 14.9 Å². The highest BCUT2D eigenvalue weighted by molar-refractivity contribution is 6.33. The van der Waals surface area contributed by atoms with Crippen LogP contribution in [0.4, 0.5) is 5.69 Å².